The van der Waals surface area contributed by atoms with Crippen molar-refractivity contribution in [1.29, 1.82) is 5.26 Å². The lowest BCUT2D eigenvalue weighted by Gasteiger charge is -2.35. The first-order chi connectivity index (χ1) is 16.9. The number of nitrogens with zero attached hydrogens (tertiary/aromatic N) is 5. The molecule has 1 aliphatic heterocycles. The molecule has 1 atom stereocenters. The number of aromatic nitrogens is 2. The Kier molecular flexibility index (Phi) is 6.63. The van der Waals surface area contributed by atoms with Gasteiger partial charge in [-0.2, -0.15) is 5.26 Å². The number of pyridine rings is 1. The highest BCUT2D eigenvalue weighted by atomic mass is 35.5. The molecule has 2 aromatic carbocycles. The van der Waals surface area contributed by atoms with E-state index in [0.717, 1.165) is 48.8 Å². The summed E-state index contributed by atoms with van der Waals surface area (Å²) in [7, 11) is 0. The molecular weight excluding hydrogens is 462 g/mol. The normalized spacial score (nSPS) is 16.1. The van der Waals surface area contributed by atoms with Gasteiger partial charge in [0.05, 0.1) is 29.2 Å². The van der Waals surface area contributed by atoms with Crippen molar-refractivity contribution >= 4 is 28.3 Å². The van der Waals surface area contributed by atoms with E-state index < -0.39 is 6.10 Å². The number of aliphatic hydroxyl groups excluding tert-OH is 1. The molecule has 2 aromatic heterocycles. The second-order valence-electron chi connectivity index (χ2n) is 9.27. The van der Waals surface area contributed by atoms with Crippen molar-refractivity contribution in [2.75, 3.05) is 32.7 Å². The number of piperazine rings is 1. The quantitative estimate of drug-likeness (QED) is 0.450. The van der Waals surface area contributed by atoms with Crippen LogP contribution in [0, 0.1) is 18.3 Å². The number of benzene rings is 2. The molecule has 35 heavy (non-hydrogen) atoms. The van der Waals surface area contributed by atoms with Gasteiger partial charge in [0.2, 0.25) is 0 Å². The molecule has 8 heteroatoms. The van der Waals surface area contributed by atoms with Gasteiger partial charge in [0, 0.05) is 50.4 Å². The molecule has 0 saturated carbocycles. The lowest BCUT2D eigenvalue weighted by atomic mass is 10.1. The maximum absolute atomic E-state index is 12.8. The highest BCUT2D eigenvalue weighted by molar-refractivity contribution is 6.30. The van der Waals surface area contributed by atoms with Crippen molar-refractivity contribution in [3.63, 3.8) is 0 Å². The number of imidazole rings is 1. The molecule has 180 valence electrons. The fourth-order valence-corrected chi connectivity index (χ4v) is 5.19. The van der Waals surface area contributed by atoms with Gasteiger partial charge in [-0.3, -0.25) is 19.0 Å². The van der Waals surface area contributed by atoms with E-state index in [1.54, 1.807) is 11.3 Å². The van der Waals surface area contributed by atoms with Crippen LogP contribution >= 0.6 is 11.6 Å². The van der Waals surface area contributed by atoms with Crippen LogP contribution in [0.4, 0.5) is 0 Å². The van der Waals surface area contributed by atoms with Crippen molar-refractivity contribution in [3.05, 3.63) is 86.7 Å². The second kappa shape index (κ2) is 9.84. The van der Waals surface area contributed by atoms with Crippen molar-refractivity contribution in [2.24, 2.45) is 0 Å². The monoisotopic (exact) mass is 489 g/mol. The summed E-state index contributed by atoms with van der Waals surface area (Å²) in [4.78, 5) is 17.5. The number of fused-ring (bicyclic) bond motifs is 3. The average molecular weight is 490 g/mol. The molecule has 7 nitrogen and oxygen atoms in total. The van der Waals surface area contributed by atoms with Crippen molar-refractivity contribution in [3.8, 4) is 6.07 Å². The van der Waals surface area contributed by atoms with Gasteiger partial charge in [0.1, 0.15) is 11.7 Å². The minimum absolute atomic E-state index is 0.169. The summed E-state index contributed by atoms with van der Waals surface area (Å²) in [5.41, 5.74) is 4.30. The van der Waals surface area contributed by atoms with E-state index in [9.17, 15) is 15.2 Å². The number of aryl methyl sites for hydroxylation is 1. The van der Waals surface area contributed by atoms with Crippen LogP contribution in [-0.2, 0) is 13.1 Å². The van der Waals surface area contributed by atoms with Crippen LogP contribution in [0.15, 0.2) is 59.4 Å². The molecular formula is C27H28ClN5O2. The molecule has 3 heterocycles. The highest BCUT2D eigenvalue weighted by Crippen LogP contribution is 2.24. The minimum Gasteiger partial charge on any atom is -0.390 e. The maximum atomic E-state index is 12.8. The minimum atomic E-state index is -0.639. The Labute approximate surface area is 209 Å². The van der Waals surface area contributed by atoms with Gasteiger partial charge in [-0.05, 0) is 42.3 Å². The third kappa shape index (κ3) is 4.71. The van der Waals surface area contributed by atoms with Crippen molar-refractivity contribution in [2.45, 2.75) is 26.1 Å². The molecule has 0 radical (unpaired) electrons. The molecule has 1 N–H and O–H groups in total. The largest absolute Gasteiger partial charge is 0.390 e. The lowest BCUT2D eigenvalue weighted by molar-refractivity contribution is 0.0633. The number of hydrogen-bond acceptors (Lipinski definition) is 5. The molecule has 1 saturated heterocycles. The van der Waals surface area contributed by atoms with Crippen LogP contribution in [0.5, 0.6) is 0 Å². The summed E-state index contributed by atoms with van der Waals surface area (Å²) in [6.45, 7) is 7.11. The Hall–Kier alpha value is -3.15. The van der Waals surface area contributed by atoms with E-state index in [0.29, 0.717) is 29.9 Å². The van der Waals surface area contributed by atoms with Gasteiger partial charge in [-0.15, -0.1) is 0 Å². The summed E-state index contributed by atoms with van der Waals surface area (Å²) in [6, 6.07) is 19.3. The van der Waals surface area contributed by atoms with E-state index in [1.165, 1.54) is 11.6 Å². The molecule has 4 aromatic rings. The predicted octanol–water partition coefficient (Wildman–Crippen LogP) is 3.27. The summed E-state index contributed by atoms with van der Waals surface area (Å²) in [5, 5.41) is 21.6. The molecule has 0 spiro atoms. The molecule has 1 fully saturated rings. The zero-order valence-electron chi connectivity index (χ0n) is 19.7. The van der Waals surface area contributed by atoms with Gasteiger partial charge in [-0.1, -0.05) is 35.9 Å². The molecule has 5 rings (SSSR count). The van der Waals surface area contributed by atoms with Crippen LogP contribution in [0.25, 0.3) is 16.7 Å². The van der Waals surface area contributed by atoms with Gasteiger partial charge in [0.25, 0.3) is 5.56 Å². The van der Waals surface area contributed by atoms with Crippen LogP contribution in [0.2, 0.25) is 5.02 Å². The lowest BCUT2D eigenvalue weighted by Crippen LogP contribution is -2.48. The first-order valence-electron chi connectivity index (χ1n) is 11.9. The van der Waals surface area contributed by atoms with E-state index in [4.69, 9.17) is 11.6 Å². The number of β-amino-alcohol motifs (C(OH)–C–C–N with tert-alkyl or cyclic N) is 1. The van der Waals surface area contributed by atoms with E-state index in [2.05, 4.69) is 28.0 Å². The Bertz CT molecular complexity index is 1460. The Morgan fingerprint density at radius 3 is 2.34 bits per heavy atom. The molecule has 1 unspecified atom stereocenters. The summed E-state index contributed by atoms with van der Waals surface area (Å²) < 4.78 is 3.51. The number of aliphatic hydroxyl groups is 1. The van der Waals surface area contributed by atoms with Crippen molar-refractivity contribution < 1.29 is 5.11 Å². The zero-order valence-corrected chi connectivity index (χ0v) is 20.4. The number of halogens is 1. The number of hydrogen-bond donors (Lipinski definition) is 1. The molecule has 1 aliphatic rings. The number of para-hydroxylation sites is 2. The summed E-state index contributed by atoms with van der Waals surface area (Å²) in [5.74, 6) is 0. The number of rotatable bonds is 6. The van der Waals surface area contributed by atoms with Crippen molar-refractivity contribution in [1.82, 2.24) is 18.8 Å². The summed E-state index contributed by atoms with van der Waals surface area (Å²) >= 11 is 5.99. The highest BCUT2D eigenvalue weighted by Gasteiger charge is 2.22. The first kappa shape index (κ1) is 23.6. The predicted molar refractivity (Wildman–Crippen MR) is 138 cm³/mol. The maximum Gasteiger partial charge on any atom is 0.257 e. The second-order valence-corrected chi connectivity index (χ2v) is 9.70. The topological polar surface area (TPSA) is 76.9 Å². The Morgan fingerprint density at radius 1 is 1.00 bits per heavy atom. The molecule has 0 bridgehead atoms. The van der Waals surface area contributed by atoms with Crippen LogP contribution in [-0.4, -0.2) is 62.7 Å². The SMILES string of the molecule is Cc1cc(=O)n2c3ccccc3n(CC(O)CN3CCN(Cc4ccc(Cl)cc4)CC3)c2c1C#N. The summed E-state index contributed by atoms with van der Waals surface area (Å²) in [6.07, 6.45) is -0.639. The van der Waals surface area contributed by atoms with E-state index in [1.807, 2.05) is 41.0 Å². The Balaban J connectivity index is 1.31. The fraction of sp³-hybridized carbons (Fsp3) is 0.333. The van der Waals surface area contributed by atoms with Crippen LogP contribution in [0.1, 0.15) is 16.7 Å². The van der Waals surface area contributed by atoms with Crippen LogP contribution < -0.4 is 5.56 Å². The van der Waals surface area contributed by atoms with Gasteiger partial charge in [-0.25, -0.2) is 0 Å². The smallest absolute Gasteiger partial charge is 0.257 e. The third-order valence-corrected chi connectivity index (χ3v) is 7.07. The van der Waals surface area contributed by atoms with E-state index >= 15 is 0 Å². The number of nitriles is 1. The zero-order chi connectivity index (χ0) is 24.5. The van der Waals surface area contributed by atoms with Gasteiger partial charge < -0.3 is 9.67 Å². The van der Waals surface area contributed by atoms with E-state index in [-0.39, 0.29) is 5.56 Å². The average Bonchev–Trinajstić information content (AvgIpc) is 3.16. The van der Waals surface area contributed by atoms with Gasteiger partial charge >= 0.3 is 0 Å². The standard InChI is InChI=1S/C27H28ClN5O2/c1-19-14-26(35)33-25-5-3-2-4-24(25)32(27(33)23(19)15-29)18-22(34)17-31-12-10-30(11-13-31)16-20-6-8-21(28)9-7-20/h2-9,14,22,34H,10-13,16-18H2,1H3. The Morgan fingerprint density at radius 2 is 1.66 bits per heavy atom. The molecule has 0 amide bonds. The third-order valence-electron chi connectivity index (χ3n) is 6.82. The van der Waals surface area contributed by atoms with Gasteiger partial charge in [0.15, 0.2) is 0 Å². The molecule has 0 aliphatic carbocycles. The fourth-order valence-electron chi connectivity index (χ4n) is 5.07. The van der Waals surface area contributed by atoms with Crippen LogP contribution in [0.3, 0.4) is 0 Å². The first-order valence-corrected chi connectivity index (χ1v) is 12.2.